The third kappa shape index (κ3) is 3.88. The van der Waals surface area contributed by atoms with Crippen LogP contribution in [0.3, 0.4) is 0 Å². The van der Waals surface area contributed by atoms with Gasteiger partial charge in [-0.3, -0.25) is 0 Å². The highest BCUT2D eigenvalue weighted by Crippen LogP contribution is 2.24. The van der Waals surface area contributed by atoms with E-state index >= 15 is 0 Å². The van der Waals surface area contributed by atoms with Crippen molar-refractivity contribution >= 4 is 0 Å². The molecule has 0 aliphatic carbocycles. The molecule has 112 valence electrons. The van der Waals surface area contributed by atoms with Gasteiger partial charge < -0.3 is 5.73 Å². The second-order valence-electron chi connectivity index (χ2n) is 6.43. The summed E-state index contributed by atoms with van der Waals surface area (Å²) in [5.74, 6) is -1.66. The van der Waals surface area contributed by atoms with E-state index in [9.17, 15) is 8.78 Å². The summed E-state index contributed by atoms with van der Waals surface area (Å²) in [4.78, 5) is 0. The van der Waals surface area contributed by atoms with Crippen LogP contribution in [0.1, 0.15) is 43.5 Å². The second-order valence-corrected chi connectivity index (χ2v) is 6.43. The van der Waals surface area contributed by atoms with Crippen molar-refractivity contribution in [1.82, 2.24) is 0 Å². The minimum atomic E-state index is -0.832. The van der Waals surface area contributed by atoms with E-state index in [0.29, 0.717) is 12.0 Å². The molecule has 0 fully saturated rings. The molecule has 2 aromatic carbocycles. The monoisotopic (exact) mass is 289 g/mol. The topological polar surface area (TPSA) is 26.0 Å². The Morgan fingerprint density at radius 2 is 1.57 bits per heavy atom. The van der Waals surface area contributed by atoms with Crippen LogP contribution in [0.15, 0.2) is 42.5 Å². The molecule has 0 aliphatic heterocycles. The molecule has 0 heterocycles. The van der Waals surface area contributed by atoms with Gasteiger partial charge in [-0.2, -0.15) is 0 Å². The zero-order chi connectivity index (χ0) is 15.6. The first-order valence-electron chi connectivity index (χ1n) is 7.07. The number of hydrogen-bond acceptors (Lipinski definition) is 1. The maximum Gasteiger partial charge on any atom is 0.159 e. The Kier molecular flexibility index (Phi) is 4.43. The van der Waals surface area contributed by atoms with Gasteiger partial charge in [0.1, 0.15) is 0 Å². The van der Waals surface area contributed by atoms with E-state index in [-0.39, 0.29) is 11.5 Å². The number of rotatable bonds is 3. The Balaban J connectivity index is 2.13. The highest BCUT2D eigenvalue weighted by molar-refractivity contribution is 5.30. The average molecular weight is 289 g/mol. The van der Waals surface area contributed by atoms with Gasteiger partial charge in [-0.25, -0.2) is 8.78 Å². The van der Waals surface area contributed by atoms with Gasteiger partial charge in [-0.05, 0) is 40.7 Å². The summed E-state index contributed by atoms with van der Waals surface area (Å²) in [5.41, 5.74) is 9.19. The molecule has 2 N–H and O–H groups in total. The normalized spacial score (nSPS) is 13.2. The maximum atomic E-state index is 13.2. The molecular formula is C18H21F2N. The number of nitrogens with two attached hydrogens (primary N) is 1. The standard InChI is InChI=1S/C18H21F2N/c1-18(2,3)14-7-5-13(6-8-14)17(21)11-12-4-9-15(19)16(20)10-12/h4-10,17H,11,21H2,1-3H3. The first kappa shape index (κ1) is 15.6. The van der Waals surface area contributed by atoms with E-state index in [1.807, 2.05) is 12.1 Å². The molecule has 0 radical (unpaired) electrons. The van der Waals surface area contributed by atoms with Crippen molar-refractivity contribution in [2.24, 2.45) is 5.73 Å². The van der Waals surface area contributed by atoms with Crippen molar-refractivity contribution in [2.75, 3.05) is 0 Å². The van der Waals surface area contributed by atoms with Crippen molar-refractivity contribution < 1.29 is 8.78 Å². The van der Waals surface area contributed by atoms with Gasteiger partial charge in [-0.1, -0.05) is 51.1 Å². The summed E-state index contributed by atoms with van der Waals surface area (Å²) < 4.78 is 26.1. The van der Waals surface area contributed by atoms with Gasteiger partial charge in [0.2, 0.25) is 0 Å². The first-order valence-corrected chi connectivity index (χ1v) is 7.07. The van der Waals surface area contributed by atoms with Gasteiger partial charge in [0, 0.05) is 6.04 Å². The third-order valence-electron chi connectivity index (χ3n) is 3.64. The predicted molar refractivity (Wildman–Crippen MR) is 82.1 cm³/mol. The maximum absolute atomic E-state index is 13.2. The zero-order valence-corrected chi connectivity index (χ0v) is 12.7. The van der Waals surface area contributed by atoms with Gasteiger partial charge in [0.15, 0.2) is 11.6 Å². The minimum Gasteiger partial charge on any atom is -0.324 e. The summed E-state index contributed by atoms with van der Waals surface area (Å²) in [6.07, 6.45) is 0.478. The van der Waals surface area contributed by atoms with Crippen molar-refractivity contribution in [3.63, 3.8) is 0 Å². The molecule has 0 saturated heterocycles. The van der Waals surface area contributed by atoms with Crippen LogP contribution in [0.25, 0.3) is 0 Å². The van der Waals surface area contributed by atoms with Crippen LogP contribution < -0.4 is 5.73 Å². The van der Waals surface area contributed by atoms with Crippen LogP contribution in [-0.2, 0) is 11.8 Å². The molecule has 21 heavy (non-hydrogen) atoms. The van der Waals surface area contributed by atoms with Gasteiger partial charge in [-0.15, -0.1) is 0 Å². The van der Waals surface area contributed by atoms with E-state index in [0.717, 1.165) is 11.6 Å². The van der Waals surface area contributed by atoms with Crippen LogP contribution in [0.5, 0.6) is 0 Å². The SMILES string of the molecule is CC(C)(C)c1ccc(C(N)Cc2ccc(F)c(F)c2)cc1. The van der Waals surface area contributed by atoms with Crippen LogP contribution in [-0.4, -0.2) is 0 Å². The quantitative estimate of drug-likeness (QED) is 0.884. The van der Waals surface area contributed by atoms with Crippen molar-refractivity contribution in [3.8, 4) is 0 Å². The van der Waals surface area contributed by atoms with E-state index in [1.54, 1.807) is 6.07 Å². The molecule has 2 rings (SSSR count). The lowest BCUT2D eigenvalue weighted by Gasteiger charge is -2.20. The Labute approximate surface area is 124 Å². The van der Waals surface area contributed by atoms with E-state index < -0.39 is 11.6 Å². The lowest BCUT2D eigenvalue weighted by atomic mass is 9.86. The molecule has 0 aliphatic rings. The van der Waals surface area contributed by atoms with Crippen molar-refractivity contribution in [2.45, 2.75) is 38.6 Å². The van der Waals surface area contributed by atoms with E-state index in [2.05, 4.69) is 32.9 Å². The first-order chi connectivity index (χ1) is 9.77. The summed E-state index contributed by atoms with van der Waals surface area (Å²) in [6, 6.07) is 11.8. The second kappa shape index (κ2) is 5.94. The fourth-order valence-corrected chi connectivity index (χ4v) is 2.27. The molecule has 0 bridgehead atoms. The van der Waals surface area contributed by atoms with Crippen LogP contribution in [0.2, 0.25) is 0 Å². The Hall–Kier alpha value is -1.74. The van der Waals surface area contributed by atoms with Gasteiger partial charge in [0.25, 0.3) is 0 Å². The Morgan fingerprint density at radius 1 is 0.952 bits per heavy atom. The zero-order valence-electron chi connectivity index (χ0n) is 12.7. The summed E-state index contributed by atoms with van der Waals surface area (Å²) in [6.45, 7) is 6.47. The fraction of sp³-hybridized carbons (Fsp3) is 0.333. The smallest absolute Gasteiger partial charge is 0.159 e. The molecule has 0 aromatic heterocycles. The van der Waals surface area contributed by atoms with Gasteiger partial charge >= 0.3 is 0 Å². The van der Waals surface area contributed by atoms with Crippen LogP contribution >= 0.6 is 0 Å². The predicted octanol–water partition coefficient (Wildman–Crippen LogP) is 4.50. The Bertz CT molecular complexity index is 612. The number of benzene rings is 2. The highest BCUT2D eigenvalue weighted by atomic mass is 19.2. The summed E-state index contributed by atoms with van der Waals surface area (Å²) in [5, 5.41) is 0. The third-order valence-corrected chi connectivity index (χ3v) is 3.64. The van der Waals surface area contributed by atoms with E-state index in [1.165, 1.54) is 11.6 Å². The molecule has 2 aromatic rings. The number of halogens is 2. The van der Waals surface area contributed by atoms with Crippen LogP contribution in [0, 0.1) is 11.6 Å². The van der Waals surface area contributed by atoms with Crippen molar-refractivity contribution in [1.29, 1.82) is 0 Å². The van der Waals surface area contributed by atoms with Crippen LogP contribution in [0.4, 0.5) is 8.78 Å². The van der Waals surface area contributed by atoms with Crippen molar-refractivity contribution in [3.05, 3.63) is 70.8 Å². The fourth-order valence-electron chi connectivity index (χ4n) is 2.27. The molecule has 0 spiro atoms. The summed E-state index contributed by atoms with van der Waals surface area (Å²) in [7, 11) is 0. The average Bonchev–Trinajstić information content (AvgIpc) is 2.42. The molecule has 1 nitrogen and oxygen atoms in total. The minimum absolute atomic E-state index is 0.0999. The Morgan fingerprint density at radius 3 is 2.10 bits per heavy atom. The number of hydrogen-bond donors (Lipinski definition) is 1. The molecular weight excluding hydrogens is 268 g/mol. The molecule has 1 atom stereocenters. The molecule has 1 unspecified atom stereocenters. The summed E-state index contributed by atoms with van der Waals surface area (Å²) >= 11 is 0. The van der Waals surface area contributed by atoms with Gasteiger partial charge in [0.05, 0.1) is 0 Å². The molecule has 0 saturated carbocycles. The highest BCUT2D eigenvalue weighted by Gasteiger charge is 2.14. The lowest BCUT2D eigenvalue weighted by molar-refractivity contribution is 0.506. The lowest BCUT2D eigenvalue weighted by Crippen LogP contribution is -2.15. The molecule has 3 heteroatoms. The van der Waals surface area contributed by atoms with E-state index in [4.69, 9.17) is 5.73 Å². The molecule has 0 amide bonds. The largest absolute Gasteiger partial charge is 0.324 e.